The first-order valence-corrected chi connectivity index (χ1v) is 7.97. The minimum atomic E-state index is 0.166. The first kappa shape index (κ1) is 14.2. The predicted molar refractivity (Wildman–Crippen MR) is 89.4 cm³/mol. The fourth-order valence-corrected chi connectivity index (χ4v) is 3.35. The summed E-state index contributed by atoms with van der Waals surface area (Å²) in [5.41, 5.74) is 10.4. The summed E-state index contributed by atoms with van der Waals surface area (Å²) in [6.07, 6.45) is 3.44. The number of unbranched alkanes of at least 4 members (excludes halogenated alkanes) is 1. The van der Waals surface area contributed by atoms with Crippen LogP contribution in [0, 0.1) is 0 Å². The Morgan fingerprint density at radius 2 is 1.67 bits per heavy atom. The van der Waals surface area contributed by atoms with Gasteiger partial charge in [0.2, 0.25) is 0 Å². The Morgan fingerprint density at radius 3 is 2.38 bits per heavy atom. The Morgan fingerprint density at radius 1 is 1.00 bits per heavy atom. The minimum Gasteiger partial charge on any atom is -0.364 e. The number of fused-ring (bicyclic) bond motifs is 1. The molecule has 2 nitrogen and oxygen atoms in total. The lowest BCUT2D eigenvalue weighted by molar-refractivity contribution is 0.554. The Hall–Kier alpha value is -1.80. The van der Waals surface area contributed by atoms with Gasteiger partial charge in [0.15, 0.2) is 0 Å². The molecule has 0 spiro atoms. The Bertz CT molecular complexity index is 579. The molecule has 0 bridgehead atoms. The van der Waals surface area contributed by atoms with Crippen molar-refractivity contribution in [2.75, 3.05) is 11.4 Å². The van der Waals surface area contributed by atoms with Crippen molar-refractivity contribution in [2.45, 2.75) is 38.3 Å². The van der Waals surface area contributed by atoms with Gasteiger partial charge in [-0.25, -0.2) is 0 Å². The van der Waals surface area contributed by atoms with Crippen molar-refractivity contribution in [3.63, 3.8) is 0 Å². The molecule has 0 amide bonds. The molecule has 2 atom stereocenters. The third kappa shape index (κ3) is 2.81. The summed E-state index contributed by atoms with van der Waals surface area (Å²) in [5.74, 6) is 0. The van der Waals surface area contributed by atoms with Crippen molar-refractivity contribution in [3.8, 4) is 0 Å². The van der Waals surface area contributed by atoms with Crippen LogP contribution in [0.5, 0.6) is 0 Å². The molecule has 0 fully saturated rings. The van der Waals surface area contributed by atoms with Gasteiger partial charge in [-0.1, -0.05) is 55.8 Å². The molecule has 110 valence electrons. The summed E-state index contributed by atoms with van der Waals surface area (Å²) in [5, 5.41) is 0. The second-order valence-electron chi connectivity index (χ2n) is 5.87. The molecule has 2 N–H and O–H groups in total. The fraction of sp³-hybridized carbons (Fsp3) is 0.368. The summed E-state index contributed by atoms with van der Waals surface area (Å²) in [4.78, 5) is 2.54. The van der Waals surface area contributed by atoms with E-state index in [-0.39, 0.29) is 6.04 Å². The second-order valence-corrected chi connectivity index (χ2v) is 5.87. The number of rotatable bonds is 5. The van der Waals surface area contributed by atoms with E-state index in [0.29, 0.717) is 6.04 Å². The van der Waals surface area contributed by atoms with Crippen LogP contribution >= 0.6 is 0 Å². The van der Waals surface area contributed by atoms with Crippen molar-refractivity contribution in [1.82, 2.24) is 0 Å². The summed E-state index contributed by atoms with van der Waals surface area (Å²) < 4.78 is 0. The molecule has 2 aromatic rings. The first-order chi connectivity index (χ1) is 10.3. The average molecular weight is 280 g/mol. The third-order valence-electron chi connectivity index (χ3n) is 4.45. The van der Waals surface area contributed by atoms with Gasteiger partial charge in [0.25, 0.3) is 0 Å². The average Bonchev–Trinajstić information content (AvgIpc) is 2.87. The van der Waals surface area contributed by atoms with Gasteiger partial charge in [0.05, 0.1) is 6.04 Å². The van der Waals surface area contributed by atoms with Crippen LogP contribution < -0.4 is 10.6 Å². The third-order valence-corrected chi connectivity index (χ3v) is 4.45. The second kappa shape index (κ2) is 6.31. The monoisotopic (exact) mass is 280 g/mol. The lowest BCUT2D eigenvalue weighted by atomic mass is 10.1. The van der Waals surface area contributed by atoms with E-state index < -0.39 is 0 Å². The maximum atomic E-state index is 6.35. The highest BCUT2D eigenvalue weighted by molar-refractivity contribution is 5.52. The van der Waals surface area contributed by atoms with E-state index in [1.165, 1.54) is 29.7 Å². The molecule has 2 aromatic carbocycles. The van der Waals surface area contributed by atoms with Crippen LogP contribution in [0.4, 0.5) is 5.69 Å². The quantitative estimate of drug-likeness (QED) is 0.877. The standard InChI is InChI=1S/C19H24N2/c1-2-3-13-21(15-9-5-4-6-10-15)19-14-18(20)16-11-7-8-12-17(16)19/h4-12,18-19H,2-3,13-14,20H2,1H3. The Labute approximate surface area is 127 Å². The van der Waals surface area contributed by atoms with Crippen LogP contribution in [0.2, 0.25) is 0 Å². The molecule has 0 heterocycles. The van der Waals surface area contributed by atoms with Crippen LogP contribution in [-0.4, -0.2) is 6.54 Å². The molecule has 0 saturated carbocycles. The molecule has 0 radical (unpaired) electrons. The largest absolute Gasteiger partial charge is 0.364 e. The summed E-state index contributed by atoms with van der Waals surface area (Å²) >= 11 is 0. The molecule has 3 rings (SSSR count). The molecule has 21 heavy (non-hydrogen) atoms. The number of para-hydroxylation sites is 1. The van der Waals surface area contributed by atoms with Gasteiger partial charge < -0.3 is 10.6 Å². The number of nitrogens with two attached hydrogens (primary N) is 1. The zero-order valence-electron chi connectivity index (χ0n) is 12.7. The van der Waals surface area contributed by atoms with Crippen LogP contribution in [0.25, 0.3) is 0 Å². The molecule has 0 aliphatic heterocycles. The van der Waals surface area contributed by atoms with Gasteiger partial charge in [-0.2, -0.15) is 0 Å². The van der Waals surface area contributed by atoms with Crippen LogP contribution in [-0.2, 0) is 0 Å². The van der Waals surface area contributed by atoms with E-state index in [4.69, 9.17) is 5.73 Å². The van der Waals surface area contributed by atoms with E-state index in [9.17, 15) is 0 Å². The lowest BCUT2D eigenvalue weighted by Gasteiger charge is -2.32. The van der Waals surface area contributed by atoms with E-state index >= 15 is 0 Å². The van der Waals surface area contributed by atoms with E-state index in [1.54, 1.807) is 0 Å². The van der Waals surface area contributed by atoms with Gasteiger partial charge in [0, 0.05) is 18.3 Å². The van der Waals surface area contributed by atoms with Crippen molar-refractivity contribution in [3.05, 3.63) is 65.7 Å². The number of anilines is 1. The molecule has 2 heteroatoms. The fourth-order valence-electron chi connectivity index (χ4n) is 3.35. The molecule has 0 aromatic heterocycles. The number of hydrogen-bond donors (Lipinski definition) is 1. The number of benzene rings is 2. The SMILES string of the molecule is CCCCN(c1ccccc1)C1CC(N)c2ccccc21. The summed E-state index contributed by atoms with van der Waals surface area (Å²) in [6.45, 7) is 3.34. The van der Waals surface area contributed by atoms with Gasteiger partial charge in [-0.3, -0.25) is 0 Å². The summed E-state index contributed by atoms with van der Waals surface area (Å²) in [7, 11) is 0. The normalized spacial score (nSPS) is 20.3. The highest BCUT2D eigenvalue weighted by Gasteiger charge is 2.32. The van der Waals surface area contributed by atoms with E-state index in [0.717, 1.165) is 13.0 Å². The molecule has 2 unspecified atom stereocenters. The van der Waals surface area contributed by atoms with Gasteiger partial charge >= 0.3 is 0 Å². The van der Waals surface area contributed by atoms with E-state index in [2.05, 4.69) is 66.4 Å². The molecule has 1 aliphatic rings. The Kier molecular flexibility index (Phi) is 4.26. The zero-order chi connectivity index (χ0) is 14.7. The highest BCUT2D eigenvalue weighted by atomic mass is 15.2. The van der Waals surface area contributed by atoms with Gasteiger partial charge in [-0.05, 0) is 36.1 Å². The lowest BCUT2D eigenvalue weighted by Crippen LogP contribution is -2.28. The van der Waals surface area contributed by atoms with Crippen molar-refractivity contribution in [2.24, 2.45) is 5.73 Å². The van der Waals surface area contributed by atoms with Crippen molar-refractivity contribution < 1.29 is 0 Å². The molecule has 1 aliphatic carbocycles. The first-order valence-electron chi connectivity index (χ1n) is 7.97. The van der Waals surface area contributed by atoms with Crippen LogP contribution in [0.3, 0.4) is 0 Å². The summed E-state index contributed by atoms with van der Waals surface area (Å²) in [6, 6.07) is 20.0. The van der Waals surface area contributed by atoms with Gasteiger partial charge in [0.1, 0.15) is 0 Å². The van der Waals surface area contributed by atoms with Crippen LogP contribution in [0.15, 0.2) is 54.6 Å². The molecular weight excluding hydrogens is 256 g/mol. The highest BCUT2D eigenvalue weighted by Crippen LogP contribution is 2.42. The maximum Gasteiger partial charge on any atom is 0.0563 e. The maximum absolute atomic E-state index is 6.35. The number of hydrogen-bond acceptors (Lipinski definition) is 2. The Balaban J connectivity index is 1.94. The van der Waals surface area contributed by atoms with Crippen molar-refractivity contribution in [1.29, 1.82) is 0 Å². The molecule has 0 saturated heterocycles. The topological polar surface area (TPSA) is 29.3 Å². The predicted octanol–water partition coefficient (Wildman–Crippen LogP) is 4.44. The zero-order valence-corrected chi connectivity index (χ0v) is 12.7. The van der Waals surface area contributed by atoms with E-state index in [1.807, 2.05) is 0 Å². The van der Waals surface area contributed by atoms with Gasteiger partial charge in [-0.15, -0.1) is 0 Å². The minimum absolute atomic E-state index is 0.166. The smallest absolute Gasteiger partial charge is 0.0563 e. The number of nitrogens with zero attached hydrogens (tertiary/aromatic N) is 1. The van der Waals surface area contributed by atoms with Crippen molar-refractivity contribution >= 4 is 5.69 Å². The van der Waals surface area contributed by atoms with Crippen LogP contribution in [0.1, 0.15) is 49.4 Å². The molecular formula is C19H24N2.